The van der Waals surface area contributed by atoms with Crippen LogP contribution in [0.15, 0.2) is 18.5 Å². The van der Waals surface area contributed by atoms with Crippen molar-refractivity contribution in [2.75, 3.05) is 24.5 Å². The quantitative estimate of drug-likeness (QED) is 0.304. The standard InChI is InChI=1S/C15H20N4O7S/c20-25-13-7-11-12(8-14(13)26-21)16-9-17-15(11)19-5-2-10(3-6-19)1-4-18-27(22,23)24/h7-10,18,20-21H,1-6H2,(H,22,23,24). The minimum atomic E-state index is -4.15. The zero-order valence-electron chi connectivity index (χ0n) is 14.3. The highest BCUT2D eigenvalue weighted by molar-refractivity contribution is 7.83. The first-order valence-corrected chi connectivity index (χ1v) is 9.74. The predicted octanol–water partition coefficient (Wildman–Crippen LogP) is 1.33. The highest BCUT2D eigenvalue weighted by Crippen LogP contribution is 2.35. The molecule has 0 spiro atoms. The van der Waals surface area contributed by atoms with E-state index in [1.165, 1.54) is 18.5 Å². The number of hydrogen-bond acceptors (Lipinski definition) is 9. The number of benzene rings is 1. The van der Waals surface area contributed by atoms with Gasteiger partial charge in [-0.3, -0.25) is 4.55 Å². The Labute approximate surface area is 155 Å². The van der Waals surface area contributed by atoms with E-state index in [0.717, 1.165) is 12.8 Å². The summed E-state index contributed by atoms with van der Waals surface area (Å²) in [7, 11) is -4.15. The molecule has 1 aliphatic rings. The second kappa shape index (κ2) is 8.19. The monoisotopic (exact) mass is 400 g/mol. The van der Waals surface area contributed by atoms with Gasteiger partial charge in [-0.05, 0) is 25.2 Å². The maximum Gasteiger partial charge on any atom is 0.333 e. The summed E-state index contributed by atoms with van der Waals surface area (Å²) in [5, 5.41) is 18.5. The molecule has 27 heavy (non-hydrogen) atoms. The largest absolute Gasteiger partial charge is 0.356 e. The van der Waals surface area contributed by atoms with Gasteiger partial charge in [-0.2, -0.15) is 13.1 Å². The van der Waals surface area contributed by atoms with Gasteiger partial charge in [-0.15, -0.1) is 0 Å². The SMILES string of the molecule is O=S(=O)(O)NCCC1CCN(c2ncnc3cc(OO)c(OO)cc23)CC1. The first-order valence-electron chi connectivity index (χ1n) is 8.30. The van der Waals surface area contributed by atoms with E-state index in [-0.39, 0.29) is 18.0 Å². The number of piperidine rings is 1. The molecule has 0 radical (unpaired) electrons. The van der Waals surface area contributed by atoms with E-state index < -0.39 is 10.3 Å². The summed E-state index contributed by atoms with van der Waals surface area (Å²) in [6.07, 6.45) is 3.71. The molecular weight excluding hydrogens is 380 g/mol. The average Bonchev–Trinajstić information content (AvgIpc) is 2.66. The summed E-state index contributed by atoms with van der Waals surface area (Å²) >= 11 is 0. The maximum absolute atomic E-state index is 10.7. The highest BCUT2D eigenvalue weighted by atomic mass is 32.2. The zero-order chi connectivity index (χ0) is 19.4. The number of nitrogens with zero attached hydrogens (tertiary/aromatic N) is 3. The summed E-state index contributed by atoms with van der Waals surface area (Å²) in [6.45, 7) is 1.60. The van der Waals surface area contributed by atoms with Gasteiger partial charge in [0.25, 0.3) is 0 Å². The van der Waals surface area contributed by atoms with Crippen molar-refractivity contribution in [3.63, 3.8) is 0 Å². The van der Waals surface area contributed by atoms with Crippen LogP contribution >= 0.6 is 0 Å². The van der Waals surface area contributed by atoms with Gasteiger partial charge in [0.05, 0.1) is 5.52 Å². The minimum Gasteiger partial charge on any atom is -0.356 e. The molecule has 0 amide bonds. The van der Waals surface area contributed by atoms with Gasteiger partial charge in [0, 0.05) is 37.2 Å². The van der Waals surface area contributed by atoms with Crippen LogP contribution in [0.5, 0.6) is 11.5 Å². The lowest BCUT2D eigenvalue weighted by atomic mass is 9.93. The second-order valence-corrected chi connectivity index (χ2v) is 7.52. The molecule has 1 aromatic carbocycles. The number of aromatic nitrogens is 2. The molecule has 1 saturated heterocycles. The second-order valence-electron chi connectivity index (χ2n) is 6.28. The Balaban J connectivity index is 1.71. The Kier molecular flexibility index (Phi) is 5.92. The van der Waals surface area contributed by atoms with Crippen LogP contribution in [0, 0.1) is 5.92 Å². The normalized spacial score (nSPS) is 15.9. The molecule has 0 unspecified atom stereocenters. The minimum absolute atomic E-state index is 0.0628. The Morgan fingerprint density at radius 2 is 1.81 bits per heavy atom. The number of anilines is 1. The molecule has 1 fully saturated rings. The molecule has 12 heteroatoms. The smallest absolute Gasteiger partial charge is 0.333 e. The third-order valence-corrected chi connectivity index (χ3v) is 5.20. The van der Waals surface area contributed by atoms with E-state index >= 15 is 0 Å². The molecule has 11 nitrogen and oxygen atoms in total. The van der Waals surface area contributed by atoms with Crippen molar-refractivity contribution in [1.82, 2.24) is 14.7 Å². The first kappa shape index (κ1) is 19.5. The molecule has 0 saturated carbocycles. The molecule has 148 valence electrons. The van der Waals surface area contributed by atoms with Crippen molar-refractivity contribution >= 4 is 27.0 Å². The third-order valence-electron chi connectivity index (χ3n) is 4.63. The number of fused-ring (bicyclic) bond motifs is 1. The molecule has 0 aliphatic carbocycles. The van der Waals surface area contributed by atoms with Gasteiger partial charge in [-0.25, -0.2) is 20.5 Å². The van der Waals surface area contributed by atoms with Gasteiger partial charge < -0.3 is 14.7 Å². The Hall–Kier alpha value is -2.25. The van der Waals surface area contributed by atoms with Crippen LogP contribution in [-0.2, 0) is 10.3 Å². The van der Waals surface area contributed by atoms with Crippen LogP contribution < -0.4 is 19.4 Å². The van der Waals surface area contributed by atoms with Gasteiger partial charge in [0.1, 0.15) is 12.1 Å². The molecular formula is C15H20N4O7S. The molecule has 1 aliphatic heterocycles. The van der Waals surface area contributed by atoms with E-state index in [4.69, 9.17) is 15.1 Å². The molecule has 1 aromatic heterocycles. The average molecular weight is 400 g/mol. The van der Waals surface area contributed by atoms with Crippen molar-refractivity contribution in [3.05, 3.63) is 18.5 Å². The fourth-order valence-corrected chi connectivity index (χ4v) is 3.65. The number of nitrogens with one attached hydrogen (secondary N) is 1. The van der Waals surface area contributed by atoms with Gasteiger partial charge in [0.2, 0.25) is 11.5 Å². The lowest BCUT2D eigenvalue weighted by Crippen LogP contribution is -2.35. The predicted molar refractivity (Wildman–Crippen MR) is 95.2 cm³/mol. The van der Waals surface area contributed by atoms with Gasteiger partial charge in [0.15, 0.2) is 0 Å². The van der Waals surface area contributed by atoms with E-state index in [1.54, 1.807) is 0 Å². The van der Waals surface area contributed by atoms with E-state index in [9.17, 15) is 8.42 Å². The van der Waals surface area contributed by atoms with Gasteiger partial charge >= 0.3 is 10.3 Å². The number of hydrogen-bond donors (Lipinski definition) is 4. The van der Waals surface area contributed by atoms with Crippen molar-refractivity contribution in [2.24, 2.45) is 5.92 Å². The highest BCUT2D eigenvalue weighted by Gasteiger charge is 2.23. The zero-order valence-corrected chi connectivity index (χ0v) is 15.1. The summed E-state index contributed by atoms with van der Waals surface area (Å²) in [5.41, 5.74) is 0.518. The summed E-state index contributed by atoms with van der Waals surface area (Å²) in [6, 6.07) is 2.91. The molecule has 2 heterocycles. The van der Waals surface area contributed by atoms with Crippen LogP contribution in [0.4, 0.5) is 5.82 Å². The summed E-state index contributed by atoms with van der Waals surface area (Å²) in [5.74, 6) is 0.860. The summed E-state index contributed by atoms with van der Waals surface area (Å²) in [4.78, 5) is 19.0. The first-order chi connectivity index (χ1) is 12.9. The van der Waals surface area contributed by atoms with E-state index in [1.807, 2.05) is 0 Å². The number of rotatable bonds is 7. The molecule has 2 aromatic rings. The maximum atomic E-state index is 10.7. The molecule has 0 atom stereocenters. The Bertz CT molecular complexity index is 900. The van der Waals surface area contributed by atoms with Crippen LogP contribution in [0.3, 0.4) is 0 Å². The molecule has 0 bridgehead atoms. The van der Waals surface area contributed by atoms with Crippen LogP contribution in [0.25, 0.3) is 10.9 Å². The molecule has 4 N–H and O–H groups in total. The van der Waals surface area contributed by atoms with Crippen molar-refractivity contribution < 1.29 is 33.3 Å². The fourth-order valence-electron chi connectivity index (χ4n) is 3.27. The Morgan fingerprint density at radius 3 is 2.44 bits per heavy atom. The topological polar surface area (TPSA) is 154 Å². The lowest BCUT2D eigenvalue weighted by Gasteiger charge is -2.33. The lowest BCUT2D eigenvalue weighted by molar-refractivity contribution is -0.164. The van der Waals surface area contributed by atoms with E-state index in [2.05, 4.69) is 29.4 Å². The summed E-state index contributed by atoms with van der Waals surface area (Å²) < 4.78 is 32.2. The van der Waals surface area contributed by atoms with E-state index in [0.29, 0.717) is 42.1 Å². The van der Waals surface area contributed by atoms with Gasteiger partial charge in [-0.1, -0.05) is 0 Å². The Morgan fingerprint density at radius 1 is 1.15 bits per heavy atom. The third kappa shape index (κ3) is 4.73. The van der Waals surface area contributed by atoms with Crippen molar-refractivity contribution in [1.29, 1.82) is 0 Å². The fraction of sp³-hybridized carbons (Fsp3) is 0.467. The van der Waals surface area contributed by atoms with Crippen LogP contribution in [0.2, 0.25) is 0 Å². The molecule has 3 rings (SSSR count). The van der Waals surface area contributed by atoms with Crippen molar-refractivity contribution in [2.45, 2.75) is 19.3 Å². The van der Waals surface area contributed by atoms with Crippen LogP contribution in [0.1, 0.15) is 19.3 Å². The van der Waals surface area contributed by atoms with Crippen molar-refractivity contribution in [3.8, 4) is 11.5 Å². The van der Waals surface area contributed by atoms with Crippen LogP contribution in [-0.4, -0.2) is 53.1 Å².